The van der Waals surface area contributed by atoms with Crippen molar-refractivity contribution < 1.29 is 28.3 Å². The lowest BCUT2D eigenvalue weighted by atomic mass is 9.66. The Kier molecular flexibility index (Phi) is 11.1. The first-order valence-corrected chi connectivity index (χ1v) is 13.4. The van der Waals surface area contributed by atoms with Gasteiger partial charge in [-0.15, -0.1) is 0 Å². The summed E-state index contributed by atoms with van der Waals surface area (Å²) in [5.74, 6) is 0.145. The number of carbonyl (C=O) groups excluding carboxylic acids is 3. The lowest BCUT2D eigenvalue weighted by Gasteiger charge is -2.37. The highest BCUT2D eigenvalue weighted by molar-refractivity contribution is 5.87. The lowest BCUT2D eigenvalue weighted by Crippen LogP contribution is -2.38. The van der Waals surface area contributed by atoms with Crippen molar-refractivity contribution in [1.29, 1.82) is 0 Å². The summed E-state index contributed by atoms with van der Waals surface area (Å²) in [7, 11) is 0. The van der Waals surface area contributed by atoms with Gasteiger partial charge in [0.1, 0.15) is 23.7 Å². The minimum Gasteiger partial charge on any atom is -0.493 e. The molecule has 2 aromatic rings. The summed E-state index contributed by atoms with van der Waals surface area (Å²) in [6.07, 6.45) is 1.78. The molecule has 210 valence electrons. The number of nitrogens with zero attached hydrogens (tertiary/aromatic N) is 1. The topological polar surface area (TPSA) is 103 Å². The van der Waals surface area contributed by atoms with Gasteiger partial charge in [-0.25, -0.2) is 4.79 Å². The van der Waals surface area contributed by atoms with Crippen LogP contribution in [0.4, 0.5) is 0 Å². The number of fused-ring (bicyclic) bond motifs is 1. The normalized spacial score (nSPS) is 11.9. The molecule has 0 aliphatic heterocycles. The first-order chi connectivity index (χ1) is 17.8. The van der Waals surface area contributed by atoms with Gasteiger partial charge < -0.3 is 18.8 Å². The average molecular weight is 530 g/mol. The van der Waals surface area contributed by atoms with E-state index >= 15 is 0 Å². The van der Waals surface area contributed by atoms with Crippen molar-refractivity contribution in [3.8, 4) is 5.75 Å². The van der Waals surface area contributed by atoms with Gasteiger partial charge in [-0.3, -0.25) is 14.4 Å². The second-order valence-corrected chi connectivity index (χ2v) is 11.3. The number of esters is 1. The Morgan fingerprint density at radius 1 is 0.947 bits per heavy atom. The van der Waals surface area contributed by atoms with Gasteiger partial charge in [0.05, 0.1) is 19.6 Å². The number of hydrogen-bond donors (Lipinski definition) is 0. The van der Waals surface area contributed by atoms with Crippen molar-refractivity contribution in [2.75, 3.05) is 26.3 Å². The number of carbonyl (C=O) groups is 3. The van der Waals surface area contributed by atoms with Crippen LogP contribution < -0.4 is 10.4 Å². The number of amides is 1. The molecule has 0 atom stereocenters. The molecule has 0 fully saturated rings. The van der Waals surface area contributed by atoms with Crippen LogP contribution in [0.1, 0.15) is 79.2 Å². The minimum absolute atomic E-state index is 0.0336. The average Bonchev–Trinajstić information content (AvgIpc) is 2.83. The zero-order valence-electron chi connectivity index (χ0n) is 24.0. The smallest absolute Gasteiger partial charge is 0.336 e. The second kappa shape index (κ2) is 13.6. The molecule has 8 heteroatoms. The van der Waals surface area contributed by atoms with Crippen LogP contribution >= 0.6 is 0 Å². The van der Waals surface area contributed by atoms with E-state index in [0.29, 0.717) is 43.9 Å². The quantitative estimate of drug-likeness (QED) is 0.182. The third-order valence-corrected chi connectivity index (χ3v) is 7.33. The van der Waals surface area contributed by atoms with E-state index in [0.717, 1.165) is 17.4 Å². The molecule has 0 unspecified atom stereocenters. The summed E-state index contributed by atoms with van der Waals surface area (Å²) in [5, 5.41) is 0.850. The molecule has 1 aromatic carbocycles. The molecule has 0 aliphatic rings. The highest BCUT2D eigenvalue weighted by Crippen LogP contribution is 2.39. The molecule has 0 saturated heterocycles. The van der Waals surface area contributed by atoms with Crippen LogP contribution in [0.5, 0.6) is 5.75 Å². The van der Waals surface area contributed by atoms with Crippen LogP contribution in [-0.2, 0) is 19.1 Å². The van der Waals surface area contributed by atoms with Gasteiger partial charge in [-0.05, 0) is 42.9 Å². The number of ether oxygens (including phenoxy) is 2. The molecule has 38 heavy (non-hydrogen) atoms. The maximum atomic E-state index is 12.7. The Balaban J connectivity index is 1.75. The fraction of sp³-hybridized carbons (Fsp3) is 0.600. The zero-order valence-corrected chi connectivity index (χ0v) is 24.0. The Bertz CT molecular complexity index is 1170. The van der Waals surface area contributed by atoms with Gasteiger partial charge in [-0.1, -0.05) is 41.5 Å². The Morgan fingerprint density at radius 2 is 1.66 bits per heavy atom. The van der Waals surface area contributed by atoms with Gasteiger partial charge in [0, 0.05) is 42.3 Å². The van der Waals surface area contributed by atoms with Crippen LogP contribution in [0.2, 0.25) is 0 Å². The van der Waals surface area contributed by atoms with Crippen molar-refractivity contribution >= 4 is 28.6 Å². The van der Waals surface area contributed by atoms with Crippen molar-refractivity contribution in [1.82, 2.24) is 4.90 Å². The van der Waals surface area contributed by atoms with E-state index in [2.05, 4.69) is 0 Å². The summed E-state index contributed by atoms with van der Waals surface area (Å²) in [5.41, 5.74) is 0.163. The molecule has 0 radical (unpaired) electrons. The van der Waals surface area contributed by atoms with E-state index in [1.807, 2.05) is 60.6 Å². The number of rotatable bonds is 14. The van der Waals surface area contributed by atoms with E-state index in [4.69, 9.17) is 13.9 Å². The van der Waals surface area contributed by atoms with Gasteiger partial charge in [0.25, 0.3) is 0 Å². The van der Waals surface area contributed by atoms with E-state index in [-0.39, 0.29) is 36.6 Å². The minimum atomic E-state index is -0.537. The largest absolute Gasteiger partial charge is 0.493 e. The fourth-order valence-electron chi connectivity index (χ4n) is 3.89. The summed E-state index contributed by atoms with van der Waals surface area (Å²) in [6.45, 7) is 15.0. The van der Waals surface area contributed by atoms with Gasteiger partial charge in [0.15, 0.2) is 0 Å². The van der Waals surface area contributed by atoms with E-state index in [1.165, 1.54) is 6.07 Å². The molecule has 1 heterocycles. The molecule has 1 aromatic heterocycles. The molecular weight excluding hydrogens is 486 g/mol. The molecule has 0 aliphatic carbocycles. The van der Waals surface area contributed by atoms with Crippen LogP contribution in [0.3, 0.4) is 0 Å². The Labute approximate surface area is 225 Å². The van der Waals surface area contributed by atoms with E-state index in [1.54, 1.807) is 11.0 Å². The highest BCUT2D eigenvalue weighted by Gasteiger charge is 2.39. The number of Topliss-reactive ketones (excluding diaryl/α,β-unsaturated/α-hetero) is 1. The molecule has 2 rings (SSSR count). The van der Waals surface area contributed by atoms with Crippen molar-refractivity contribution in [2.45, 2.75) is 80.6 Å². The first-order valence-electron chi connectivity index (χ1n) is 13.4. The van der Waals surface area contributed by atoms with Crippen LogP contribution in [0.15, 0.2) is 33.5 Å². The monoisotopic (exact) mass is 529 g/mol. The van der Waals surface area contributed by atoms with Crippen molar-refractivity contribution in [2.24, 2.45) is 10.8 Å². The van der Waals surface area contributed by atoms with E-state index < -0.39 is 17.0 Å². The third kappa shape index (κ3) is 8.71. The summed E-state index contributed by atoms with van der Waals surface area (Å²) >= 11 is 0. The summed E-state index contributed by atoms with van der Waals surface area (Å²) in [4.78, 5) is 50.8. The van der Waals surface area contributed by atoms with Gasteiger partial charge in [0.2, 0.25) is 5.91 Å². The highest BCUT2D eigenvalue weighted by atomic mass is 16.5. The summed E-state index contributed by atoms with van der Waals surface area (Å²) in [6, 6.07) is 6.79. The molecule has 0 N–H and O–H groups in total. The zero-order chi connectivity index (χ0) is 28.5. The van der Waals surface area contributed by atoms with Crippen LogP contribution in [-0.4, -0.2) is 48.9 Å². The second-order valence-electron chi connectivity index (χ2n) is 11.3. The van der Waals surface area contributed by atoms with Crippen LogP contribution in [0, 0.1) is 17.8 Å². The first kappa shape index (κ1) is 31.1. The van der Waals surface area contributed by atoms with Crippen LogP contribution in [0.25, 0.3) is 11.0 Å². The van der Waals surface area contributed by atoms with Gasteiger partial charge >= 0.3 is 11.6 Å². The summed E-state index contributed by atoms with van der Waals surface area (Å²) < 4.78 is 16.3. The van der Waals surface area contributed by atoms with Gasteiger partial charge in [-0.2, -0.15) is 0 Å². The Hall–Kier alpha value is -3.16. The fourth-order valence-corrected chi connectivity index (χ4v) is 3.89. The van der Waals surface area contributed by atoms with Crippen molar-refractivity contribution in [3.05, 3.63) is 40.2 Å². The molecular formula is C30H43NO7. The maximum absolute atomic E-state index is 12.7. The Morgan fingerprint density at radius 3 is 2.32 bits per heavy atom. The number of aryl methyl sites for hydroxylation is 1. The predicted molar refractivity (Wildman–Crippen MR) is 147 cm³/mol. The SMILES string of the molecule is CCCN(CCOC(=O)CCC(=O)C(C)(C)C(C)(C)C)C(=O)CCCOc1ccc2c(C)cc(=O)oc2c1. The third-order valence-electron chi connectivity index (χ3n) is 7.33. The molecule has 1 amide bonds. The maximum Gasteiger partial charge on any atom is 0.336 e. The molecule has 0 spiro atoms. The van der Waals surface area contributed by atoms with Crippen molar-refractivity contribution in [3.63, 3.8) is 0 Å². The number of hydrogen-bond acceptors (Lipinski definition) is 7. The molecule has 0 bridgehead atoms. The predicted octanol–water partition coefficient (Wildman–Crippen LogP) is 5.46. The standard InChI is InChI=1S/C30H43NO7/c1-8-15-31(16-18-37-27(34)14-13-25(32)30(6,7)29(3,4)5)26(33)10-9-17-36-22-11-12-23-21(2)19-28(35)38-24(23)20-22/h11-12,19-20H,8-10,13-18H2,1-7H3. The molecule has 8 nitrogen and oxygen atoms in total. The lowest BCUT2D eigenvalue weighted by molar-refractivity contribution is -0.148. The van der Waals surface area contributed by atoms with E-state index in [9.17, 15) is 19.2 Å². The number of ketones is 1. The molecule has 0 saturated carbocycles. The number of benzene rings is 1.